The van der Waals surface area contributed by atoms with Gasteiger partial charge in [-0.15, -0.1) is 0 Å². The number of ether oxygens (including phenoxy) is 1. The molecular formula is C22H17ClF3N5O. The average molecular weight is 460 g/mol. The van der Waals surface area contributed by atoms with Crippen LogP contribution in [-0.4, -0.2) is 15.2 Å². The summed E-state index contributed by atoms with van der Waals surface area (Å²) in [5.41, 5.74) is 0.978. The number of aromatic nitrogens is 3. The zero-order valence-electron chi connectivity index (χ0n) is 16.4. The summed E-state index contributed by atoms with van der Waals surface area (Å²) in [6.45, 7) is 0.514. The first-order valence-electron chi connectivity index (χ1n) is 9.47. The van der Waals surface area contributed by atoms with Gasteiger partial charge in [0.05, 0.1) is 5.56 Å². The molecule has 164 valence electrons. The maximum absolute atomic E-state index is 12.6. The van der Waals surface area contributed by atoms with E-state index in [0.717, 1.165) is 23.5 Å². The fourth-order valence-electron chi connectivity index (χ4n) is 2.80. The number of rotatable bonds is 7. The number of nitrogens with one attached hydrogen (secondary N) is 3. The van der Waals surface area contributed by atoms with Gasteiger partial charge >= 0.3 is 6.18 Å². The van der Waals surface area contributed by atoms with Crippen LogP contribution in [0.5, 0.6) is 11.6 Å². The van der Waals surface area contributed by atoms with Crippen molar-refractivity contribution in [1.82, 2.24) is 15.2 Å². The predicted molar refractivity (Wildman–Crippen MR) is 116 cm³/mol. The Morgan fingerprint density at radius 1 is 1.00 bits per heavy atom. The fourth-order valence-corrected chi connectivity index (χ4v) is 2.99. The molecule has 0 radical (unpaired) electrons. The van der Waals surface area contributed by atoms with Crippen molar-refractivity contribution in [2.24, 2.45) is 0 Å². The van der Waals surface area contributed by atoms with Crippen LogP contribution in [0.25, 0.3) is 0 Å². The number of anilines is 3. The fraction of sp³-hybridized carbons (Fsp3) is 0.0909. The summed E-state index contributed by atoms with van der Waals surface area (Å²) in [7, 11) is 0. The molecular weight excluding hydrogens is 443 g/mol. The highest BCUT2D eigenvalue weighted by Gasteiger charge is 2.30. The standard InChI is InChI=1S/C22H17ClF3N5O/c23-16-2-1-3-17(10-16)29-20-11-19(30-31-20)27-12-14-4-7-18(8-5-14)32-21-9-6-15(13-28-21)22(24,25)26/h1-11,13H,12H2,(H3,27,29,30,31). The van der Waals surface area contributed by atoms with Gasteiger partial charge in [0.1, 0.15) is 17.4 Å². The molecule has 3 N–H and O–H groups in total. The minimum absolute atomic E-state index is 0.0835. The van der Waals surface area contributed by atoms with Crippen LogP contribution in [0.2, 0.25) is 5.02 Å². The number of hydrogen-bond donors (Lipinski definition) is 3. The van der Waals surface area contributed by atoms with E-state index >= 15 is 0 Å². The van der Waals surface area contributed by atoms with Gasteiger partial charge in [-0.25, -0.2) is 4.98 Å². The summed E-state index contributed by atoms with van der Waals surface area (Å²) < 4.78 is 43.3. The molecule has 0 aliphatic carbocycles. The summed E-state index contributed by atoms with van der Waals surface area (Å²) >= 11 is 5.98. The van der Waals surface area contributed by atoms with Crippen LogP contribution in [-0.2, 0) is 12.7 Å². The monoisotopic (exact) mass is 459 g/mol. The van der Waals surface area contributed by atoms with E-state index in [1.807, 2.05) is 30.3 Å². The van der Waals surface area contributed by atoms with E-state index in [1.165, 1.54) is 6.07 Å². The molecule has 0 spiro atoms. The highest BCUT2D eigenvalue weighted by atomic mass is 35.5. The maximum Gasteiger partial charge on any atom is 0.417 e. The first-order valence-corrected chi connectivity index (χ1v) is 9.85. The van der Waals surface area contributed by atoms with Crippen LogP contribution in [0.4, 0.5) is 30.5 Å². The second kappa shape index (κ2) is 9.19. The SMILES string of the molecule is FC(F)(F)c1ccc(Oc2ccc(CNc3cc(Nc4cccc(Cl)c4)[nH]n3)cc2)nc1. The summed E-state index contributed by atoms with van der Waals surface area (Å²) in [4.78, 5) is 3.70. The van der Waals surface area contributed by atoms with Gasteiger partial charge in [-0.3, -0.25) is 5.10 Å². The van der Waals surface area contributed by atoms with Crippen LogP contribution < -0.4 is 15.4 Å². The lowest BCUT2D eigenvalue weighted by Gasteiger charge is -2.09. The minimum Gasteiger partial charge on any atom is -0.439 e. The van der Waals surface area contributed by atoms with Crippen LogP contribution in [0.1, 0.15) is 11.1 Å². The molecule has 0 fully saturated rings. The lowest BCUT2D eigenvalue weighted by Crippen LogP contribution is -2.05. The largest absolute Gasteiger partial charge is 0.439 e. The van der Waals surface area contributed by atoms with Crippen molar-refractivity contribution in [3.05, 3.63) is 89.1 Å². The predicted octanol–water partition coefficient (Wildman–Crippen LogP) is 6.62. The van der Waals surface area contributed by atoms with Crippen LogP contribution in [0.3, 0.4) is 0 Å². The number of pyridine rings is 1. The van der Waals surface area contributed by atoms with E-state index in [1.54, 1.807) is 24.3 Å². The Bertz CT molecular complexity index is 1180. The minimum atomic E-state index is -4.43. The van der Waals surface area contributed by atoms with Gasteiger partial charge in [-0.1, -0.05) is 29.8 Å². The summed E-state index contributed by atoms with van der Waals surface area (Å²) in [6, 6.07) is 18.4. The van der Waals surface area contributed by atoms with E-state index in [4.69, 9.17) is 16.3 Å². The molecule has 0 atom stereocenters. The topological polar surface area (TPSA) is 74.9 Å². The highest BCUT2D eigenvalue weighted by molar-refractivity contribution is 6.30. The molecule has 4 aromatic rings. The Morgan fingerprint density at radius 2 is 1.81 bits per heavy atom. The number of nitrogens with zero attached hydrogens (tertiary/aromatic N) is 2. The van der Waals surface area contributed by atoms with Crippen LogP contribution >= 0.6 is 11.6 Å². The van der Waals surface area contributed by atoms with Crippen molar-refractivity contribution in [3.63, 3.8) is 0 Å². The summed E-state index contributed by atoms with van der Waals surface area (Å²) in [5, 5.41) is 14.1. The van der Waals surface area contributed by atoms with Crippen molar-refractivity contribution in [1.29, 1.82) is 0 Å². The van der Waals surface area contributed by atoms with Crippen molar-refractivity contribution in [2.75, 3.05) is 10.6 Å². The van der Waals surface area contributed by atoms with Gasteiger partial charge in [0.25, 0.3) is 0 Å². The molecule has 10 heteroatoms. The first-order chi connectivity index (χ1) is 15.3. The van der Waals surface area contributed by atoms with E-state index in [0.29, 0.717) is 29.0 Å². The maximum atomic E-state index is 12.6. The third kappa shape index (κ3) is 5.70. The lowest BCUT2D eigenvalue weighted by molar-refractivity contribution is -0.137. The lowest BCUT2D eigenvalue weighted by atomic mass is 10.2. The van der Waals surface area contributed by atoms with Gasteiger partial charge in [0, 0.05) is 35.6 Å². The number of hydrogen-bond acceptors (Lipinski definition) is 5. The number of benzene rings is 2. The van der Waals surface area contributed by atoms with Crippen molar-refractivity contribution in [2.45, 2.75) is 12.7 Å². The number of halogens is 4. The third-order valence-corrected chi connectivity index (χ3v) is 4.60. The number of H-pyrrole nitrogens is 1. The van der Waals surface area contributed by atoms with Gasteiger partial charge in [0.15, 0.2) is 0 Å². The van der Waals surface area contributed by atoms with Gasteiger partial charge in [0.2, 0.25) is 5.88 Å². The molecule has 2 aromatic heterocycles. The summed E-state index contributed by atoms with van der Waals surface area (Å²) in [5.74, 6) is 1.92. The zero-order chi connectivity index (χ0) is 22.6. The third-order valence-electron chi connectivity index (χ3n) is 4.36. The van der Waals surface area contributed by atoms with Gasteiger partial charge in [-0.2, -0.15) is 18.3 Å². The molecule has 0 amide bonds. The highest BCUT2D eigenvalue weighted by Crippen LogP contribution is 2.30. The number of aromatic amines is 1. The molecule has 2 aromatic carbocycles. The van der Waals surface area contributed by atoms with Gasteiger partial charge < -0.3 is 15.4 Å². The molecule has 0 aliphatic heterocycles. The Kier molecular flexibility index (Phi) is 6.18. The Labute approximate surface area is 186 Å². The normalized spacial score (nSPS) is 11.2. The summed E-state index contributed by atoms with van der Waals surface area (Å²) in [6.07, 6.45) is -3.69. The van der Waals surface area contributed by atoms with Crippen LogP contribution in [0, 0.1) is 0 Å². The van der Waals surface area contributed by atoms with Crippen molar-refractivity contribution < 1.29 is 17.9 Å². The molecule has 32 heavy (non-hydrogen) atoms. The number of alkyl halides is 3. The van der Waals surface area contributed by atoms with Crippen molar-refractivity contribution >= 4 is 28.9 Å². The molecule has 0 aliphatic rings. The van der Waals surface area contributed by atoms with E-state index in [2.05, 4.69) is 25.8 Å². The first kappa shape index (κ1) is 21.5. The molecule has 2 heterocycles. The molecule has 0 bridgehead atoms. The smallest absolute Gasteiger partial charge is 0.417 e. The van der Waals surface area contributed by atoms with Crippen LogP contribution in [0.15, 0.2) is 72.9 Å². The molecule has 0 unspecified atom stereocenters. The molecule has 4 rings (SSSR count). The van der Waals surface area contributed by atoms with Gasteiger partial charge in [-0.05, 0) is 42.0 Å². The molecule has 0 saturated carbocycles. The van der Waals surface area contributed by atoms with E-state index in [9.17, 15) is 13.2 Å². The Morgan fingerprint density at radius 3 is 2.50 bits per heavy atom. The Hall–Kier alpha value is -3.72. The quantitative estimate of drug-likeness (QED) is 0.289. The zero-order valence-corrected chi connectivity index (χ0v) is 17.2. The Balaban J connectivity index is 1.30. The average Bonchev–Trinajstić information content (AvgIpc) is 3.20. The second-order valence-corrected chi connectivity index (χ2v) is 7.22. The van der Waals surface area contributed by atoms with E-state index < -0.39 is 11.7 Å². The van der Waals surface area contributed by atoms with E-state index in [-0.39, 0.29) is 5.88 Å². The second-order valence-electron chi connectivity index (χ2n) is 6.78. The van der Waals surface area contributed by atoms with Crippen molar-refractivity contribution in [3.8, 4) is 11.6 Å². The molecule has 6 nitrogen and oxygen atoms in total. The molecule has 0 saturated heterocycles.